The molecule has 9 heteroatoms. The number of carbonyl (C=O) groups is 1. The molecule has 0 saturated carbocycles. The molecule has 0 aromatic heterocycles. The van der Waals surface area contributed by atoms with Crippen molar-refractivity contribution in [3.63, 3.8) is 0 Å². The highest BCUT2D eigenvalue weighted by Crippen LogP contribution is 1.93. The van der Waals surface area contributed by atoms with E-state index in [1.165, 1.54) is 6.92 Å². The van der Waals surface area contributed by atoms with Crippen LogP contribution in [0.3, 0.4) is 0 Å². The molecule has 4 N–H and O–H groups in total. The summed E-state index contributed by atoms with van der Waals surface area (Å²) >= 11 is 0. The Morgan fingerprint density at radius 2 is 1.81 bits per heavy atom. The van der Waals surface area contributed by atoms with Crippen LogP contribution >= 0.6 is 0 Å². The van der Waals surface area contributed by atoms with Gasteiger partial charge in [0, 0.05) is 5.57 Å². The average Bonchev–Trinajstić information content (AvgIpc) is 2.10. The first-order valence-corrected chi connectivity index (χ1v) is 5.29. The number of hydrogen-bond acceptors (Lipinski definition) is 6. The summed E-state index contributed by atoms with van der Waals surface area (Å²) in [6, 6.07) is 0. The van der Waals surface area contributed by atoms with Crippen LogP contribution in [0.5, 0.6) is 0 Å². The number of ether oxygens (including phenoxy) is 1. The van der Waals surface area contributed by atoms with Gasteiger partial charge in [0.2, 0.25) is 0 Å². The minimum Gasteiger partial charge on any atom is -0.460 e. The van der Waals surface area contributed by atoms with Crippen molar-refractivity contribution in [3.05, 3.63) is 12.2 Å². The maximum atomic E-state index is 10.6. The Labute approximate surface area is 92.7 Å². The van der Waals surface area contributed by atoms with Crippen LogP contribution < -0.4 is 0 Å². The van der Waals surface area contributed by atoms with Gasteiger partial charge < -0.3 is 14.9 Å². The molecule has 0 aliphatic carbocycles. The van der Waals surface area contributed by atoms with Gasteiger partial charge in [0.15, 0.2) is 0 Å². The van der Waals surface area contributed by atoms with Gasteiger partial charge in [-0.3, -0.25) is 9.11 Å². The third-order valence-corrected chi connectivity index (χ3v) is 0.966. The van der Waals surface area contributed by atoms with E-state index >= 15 is 0 Å². The van der Waals surface area contributed by atoms with E-state index in [0.29, 0.717) is 0 Å². The molecule has 0 fully saturated rings. The summed E-state index contributed by atoms with van der Waals surface area (Å²) in [5.41, 5.74) is 0.273. The van der Waals surface area contributed by atoms with Crippen LogP contribution in [-0.4, -0.2) is 53.0 Å². The molecule has 0 spiro atoms. The van der Waals surface area contributed by atoms with Crippen molar-refractivity contribution in [1.29, 1.82) is 0 Å². The van der Waals surface area contributed by atoms with E-state index < -0.39 is 29.1 Å². The lowest BCUT2D eigenvalue weighted by Gasteiger charge is -2.07. The van der Waals surface area contributed by atoms with E-state index in [-0.39, 0.29) is 12.2 Å². The van der Waals surface area contributed by atoms with Gasteiger partial charge in [-0.25, -0.2) is 4.79 Å². The summed E-state index contributed by atoms with van der Waals surface area (Å²) in [6.07, 6.45) is -1.00. The van der Waals surface area contributed by atoms with Crippen molar-refractivity contribution in [2.75, 3.05) is 13.2 Å². The summed E-state index contributed by atoms with van der Waals surface area (Å²) in [4.78, 5) is 10.6. The van der Waals surface area contributed by atoms with Crippen molar-refractivity contribution in [1.82, 2.24) is 0 Å². The Balaban J connectivity index is 0. The molecular weight excluding hydrogens is 244 g/mol. The number of rotatable bonds is 4. The minimum absolute atomic E-state index is 0.192. The van der Waals surface area contributed by atoms with Crippen molar-refractivity contribution in [3.8, 4) is 0 Å². The fourth-order valence-corrected chi connectivity index (χ4v) is 0.348. The number of carbonyl (C=O) groups excluding carboxylic acids is 1. The van der Waals surface area contributed by atoms with Crippen LogP contribution in [0, 0.1) is 0 Å². The second-order valence-corrected chi connectivity index (χ2v) is 3.56. The predicted octanol–water partition coefficient (Wildman–Crippen LogP) is -1.19. The van der Waals surface area contributed by atoms with Crippen molar-refractivity contribution < 1.29 is 37.3 Å². The Bertz CT molecular complexity index is 311. The highest BCUT2D eigenvalue weighted by atomic mass is 32.3. The number of aliphatic hydroxyl groups is 2. The molecule has 0 radical (unpaired) electrons. The SMILES string of the molecule is C=C(C)C(=O)OCC(O)CO.O=S(=O)(O)O. The lowest BCUT2D eigenvalue weighted by atomic mass is 10.3. The number of esters is 1. The Morgan fingerprint density at radius 3 is 2.06 bits per heavy atom. The molecule has 0 aromatic carbocycles. The van der Waals surface area contributed by atoms with Gasteiger partial charge in [-0.2, -0.15) is 8.42 Å². The molecule has 0 aliphatic heterocycles. The lowest BCUT2D eigenvalue weighted by Crippen LogP contribution is -2.22. The van der Waals surface area contributed by atoms with Gasteiger partial charge in [-0.1, -0.05) is 6.58 Å². The van der Waals surface area contributed by atoms with E-state index in [0.717, 1.165) is 0 Å². The van der Waals surface area contributed by atoms with Crippen LogP contribution in [0.4, 0.5) is 0 Å². The summed E-state index contributed by atoms with van der Waals surface area (Å²) in [7, 11) is -4.67. The quantitative estimate of drug-likeness (QED) is 0.280. The second kappa shape index (κ2) is 8.19. The average molecular weight is 258 g/mol. The molecule has 8 nitrogen and oxygen atoms in total. The van der Waals surface area contributed by atoms with Crippen LogP contribution in [0.25, 0.3) is 0 Å². The van der Waals surface area contributed by atoms with Gasteiger partial charge >= 0.3 is 16.4 Å². The molecule has 0 rings (SSSR count). The molecule has 0 aromatic rings. The Hall–Kier alpha value is -1.00. The summed E-state index contributed by atoms with van der Waals surface area (Å²) < 4.78 is 36.1. The predicted molar refractivity (Wildman–Crippen MR) is 53.0 cm³/mol. The number of aliphatic hydroxyl groups excluding tert-OH is 2. The topological polar surface area (TPSA) is 141 Å². The maximum absolute atomic E-state index is 10.6. The van der Waals surface area contributed by atoms with Crippen LogP contribution in [0.15, 0.2) is 12.2 Å². The van der Waals surface area contributed by atoms with Crippen molar-refractivity contribution >= 4 is 16.4 Å². The first-order valence-electron chi connectivity index (χ1n) is 3.89. The normalized spacial score (nSPS) is 12.1. The van der Waals surface area contributed by atoms with E-state index in [1.54, 1.807) is 0 Å². The highest BCUT2D eigenvalue weighted by molar-refractivity contribution is 7.79. The number of hydrogen-bond donors (Lipinski definition) is 4. The van der Waals surface area contributed by atoms with Gasteiger partial charge in [-0.05, 0) is 6.92 Å². The summed E-state index contributed by atoms with van der Waals surface area (Å²) in [6.45, 7) is 4.24. The molecule has 96 valence electrons. The van der Waals surface area contributed by atoms with E-state index in [2.05, 4.69) is 11.3 Å². The molecule has 0 amide bonds. The standard InChI is InChI=1S/C7H12O4.H2O4S/c1-5(2)7(10)11-4-6(9)3-8;1-5(2,3)4/h6,8-9H,1,3-4H2,2H3;(H2,1,2,3,4). The zero-order valence-electron chi connectivity index (χ0n) is 8.53. The van der Waals surface area contributed by atoms with Crippen LogP contribution in [0.2, 0.25) is 0 Å². The first-order chi connectivity index (χ1) is 7.07. The van der Waals surface area contributed by atoms with Crippen LogP contribution in [0.1, 0.15) is 6.92 Å². The molecule has 16 heavy (non-hydrogen) atoms. The molecule has 1 unspecified atom stereocenters. The second-order valence-electron chi connectivity index (χ2n) is 2.66. The third kappa shape index (κ3) is 18.7. The zero-order valence-corrected chi connectivity index (χ0v) is 9.35. The van der Waals surface area contributed by atoms with Gasteiger partial charge in [0.25, 0.3) is 0 Å². The van der Waals surface area contributed by atoms with E-state index in [1.807, 2.05) is 0 Å². The summed E-state index contributed by atoms with van der Waals surface area (Å²) in [5, 5.41) is 17.1. The minimum atomic E-state index is -4.67. The Kier molecular flexibility index (Phi) is 8.90. The largest absolute Gasteiger partial charge is 0.460 e. The monoisotopic (exact) mass is 258 g/mol. The van der Waals surface area contributed by atoms with Gasteiger partial charge in [0.05, 0.1) is 6.61 Å². The van der Waals surface area contributed by atoms with Crippen LogP contribution in [-0.2, 0) is 19.9 Å². The van der Waals surface area contributed by atoms with Crippen molar-refractivity contribution in [2.45, 2.75) is 13.0 Å². The lowest BCUT2D eigenvalue weighted by molar-refractivity contribution is -0.142. The fourth-order valence-electron chi connectivity index (χ4n) is 0.348. The van der Waals surface area contributed by atoms with E-state index in [9.17, 15) is 4.79 Å². The smallest absolute Gasteiger partial charge is 0.394 e. The van der Waals surface area contributed by atoms with Gasteiger partial charge in [0.1, 0.15) is 12.7 Å². The molecule has 0 bridgehead atoms. The van der Waals surface area contributed by atoms with Crippen molar-refractivity contribution in [2.24, 2.45) is 0 Å². The molecule has 0 heterocycles. The maximum Gasteiger partial charge on any atom is 0.394 e. The molecule has 0 saturated heterocycles. The third-order valence-electron chi connectivity index (χ3n) is 0.966. The van der Waals surface area contributed by atoms with Gasteiger partial charge in [-0.15, -0.1) is 0 Å². The summed E-state index contributed by atoms with van der Waals surface area (Å²) in [5.74, 6) is -0.558. The Morgan fingerprint density at radius 1 is 1.44 bits per heavy atom. The first kappa shape index (κ1) is 17.4. The fraction of sp³-hybridized carbons (Fsp3) is 0.571. The highest BCUT2D eigenvalue weighted by Gasteiger charge is 2.07. The molecular formula is C7H14O8S. The molecule has 0 aliphatic rings. The van der Waals surface area contributed by atoms with E-state index in [4.69, 9.17) is 27.7 Å². The molecule has 1 atom stereocenters. The zero-order chi connectivity index (χ0) is 13.4.